The highest BCUT2D eigenvalue weighted by Crippen LogP contribution is 2.23. The molecule has 0 bridgehead atoms. The van der Waals surface area contributed by atoms with Gasteiger partial charge < -0.3 is 10.1 Å². The highest BCUT2D eigenvalue weighted by molar-refractivity contribution is 5.56. The van der Waals surface area contributed by atoms with Crippen molar-refractivity contribution < 1.29 is 4.74 Å². The van der Waals surface area contributed by atoms with Crippen molar-refractivity contribution >= 4 is 5.69 Å². The van der Waals surface area contributed by atoms with Crippen LogP contribution in [0.25, 0.3) is 0 Å². The zero-order valence-corrected chi connectivity index (χ0v) is 8.50. The van der Waals surface area contributed by atoms with E-state index in [1.165, 1.54) is 0 Å². The maximum atomic E-state index is 5.23. The van der Waals surface area contributed by atoms with Crippen LogP contribution in [0.1, 0.15) is 20.3 Å². The quantitative estimate of drug-likeness (QED) is 0.767. The molecule has 1 rings (SSSR count). The maximum absolute atomic E-state index is 5.23. The van der Waals surface area contributed by atoms with E-state index in [0.29, 0.717) is 6.04 Å². The molecule has 0 radical (unpaired) electrons. The molecule has 1 atom stereocenters. The first-order valence-electron chi connectivity index (χ1n) is 4.67. The van der Waals surface area contributed by atoms with Crippen LogP contribution in [0.3, 0.4) is 0 Å². The van der Waals surface area contributed by atoms with Gasteiger partial charge in [0.1, 0.15) is 5.75 Å². The summed E-state index contributed by atoms with van der Waals surface area (Å²) >= 11 is 0. The molecule has 1 N–H and O–H groups in total. The second kappa shape index (κ2) is 4.75. The van der Waals surface area contributed by atoms with Crippen LogP contribution >= 0.6 is 0 Å². The molecular weight excluding hydrogens is 162 g/mol. The predicted octanol–water partition coefficient (Wildman–Crippen LogP) is 2.91. The molecule has 0 spiro atoms. The number of ether oxygens (including phenoxy) is 1. The third-order valence-electron chi connectivity index (χ3n) is 2.12. The molecule has 0 unspecified atom stereocenters. The topological polar surface area (TPSA) is 21.3 Å². The molecule has 0 aliphatic rings. The van der Waals surface area contributed by atoms with Gasteiger partial charge in [-0.05, 0) is 25.5 Å². The normalized spacial score (nSPS) is 12.2. The van der Waals surface area contributed by atoms with Gasteiger partial charge in [0.2, 0.25) is 0 Å². The van der Waals surface area contributed by atoms with Crippen LogP contribution in [0.4, 0.5) is 5.69 Å². The van der Waals surface area contributed by atoms with Crippen molar-refractivity contribution in [2.24, 2.45) is 0 Å². The standard InChI is InChI=1S/C11H17NO/c1-4-9(2)12-10-7-5-6-8-11(10)13-3/h5-9,12H,4H2,1-3H3/t9-/m1/s1. The molecule has 0 aliphatic heterocycles. The van der Waals surface area contributed by atoms with E-state index in [0.717, 1.165) is 17.9 Å². The fourth-order valence-corrected chi connectivity index (χ4v) is 1.13. The van der Waals surface area contributed by atoms with Crippen LogP contribution in [0.15, 0.2) is 24.3 Å². The minimum atomic E-state index is 0.483. The summed E-state index contributed by atoms with van der Waals surface area (Å²) in [7, 11) is 1.69. The van der Waals surface area contributed by atoms with Crippen molar-refractivity contribution in [3.63, 3.8) is 0 Å². The number of rotatable bonds is 4. The average Bonchev–Trinajstić information content (AvgIpc) is 2.18. The molecule has 72 valence electrons. The maximum Gasteiger partial charge on any atom is 0.141 e. The fraction of sp³-hybridized carbons (Fsp3) is 0.455. The first kappa shape index (κ1) is 9.90. The van der Waals surface area contributed by atoms with Gasteiger partial charge in [-0.25, -0.2) is 0 Å². The van der Waals surface area contributed by atoms with Crippen LogP contribution in [0.2, 0.25) is 0 Å². The Morgan fingerprint density at radius 2 is 2.08 bits per heavy atom. The zero-order chi connectivity index (χ0) is 9.68. The third-order valence-corrected chi connectivity index (χ3v) is 2.12. The van der Waals surface area contributed by atoms with E-state index in [-0.39, 0.29) is 0 Å². The van der Waals surface area contributed by atoms with Gasteiger partial charge in [-0.2, -0.15) is 0 Å². The molecular formula is C11H17NO. The van der Waals surface area contributed by atoms with Crippen molar-refractivity contribution in [3.05, 3.63) is 24.3 Å². The Morgan fingerprint density at radius 3 is 2.69 bits per heavy atom. The van der Waals surface area contributed by atoms with E-state index < -0.39 is 0 Å². The number of hydrogen-bond acceptors (Lipinski definition) is 2. The second-order valence-corrected chi connectivity index (χ2v) is 3.15. The first-order valence-corrected chi connectivity index (χ1v) is 4.67. The van der Waals surface area contributed by atoms with Crippen molar-refractivity contribution in [1.29, 1.82) is 0 Å². The van der Waals surface area contributed by atoms with Gasteiger partial charge in [0.25, 0.3) is 0 Å². The molecule has 0 saturated carbocycles. The number of hydrogen-bond donors (Lipinski definition) is 1. The summed E-state index contributed by atoms with van der Waals surface area (Å²) in [5.41, 5.74) is 1.07. The van der Waals surface area contributed by atoms with Gasteiger partial charge >= 0.3 is 0 Å². The highest BCUT2D eigenvalue weighted by Gasteiger charge is 2.03. The average molecular weight is 179 g/mol. The summed E-state index contributed by atoms with van der Waals surface area (Å²) in [6.45, 7) is 4.32. The van der Waals surface area contributed by atoms with Crippen molar-refractivity contribution in [1.82, 2.24) is 0 Å². The van der Waals surface area contributed by atoms with E-state index >= 15 is 0 Å². The van der Waals surface area contributed by atoms with Crippen molar-refractivity contribution in [3.8, 4) is 5.75 Å². The lowest BCUT2D eigenvalue weighted by Gasteiger charge is -2.15. The molecule has 0 aliphatic carbocycles. The molecule has 2 nitrogen and oxygen atoms in total. The van der Waals surface area contributed by atoms with Gasteiger partial charge in [-0.3, -0.25) is 0 Å². The van der Waals surface area contributed by atoms with Crippen molar-refractivity contribution in [2.45, 2.75) is 26.3 Å². The van der Waals surface area contributed by atoms with Crippen LogP contribution in [-0.4, -0.2) is 13.2 Å². The number of methoxy groups -OCH3 is 1. The Kier molecular flexibility index (Phi) is 3.62. The molecule has 0 amide bonds. The van der Waals surface area contributed by atoms with E-state index in [9.17, 15) is 0 Å². The molecule has 1 aromatic carbocycles. The molecule has 0 aromatic heterocycles. The van der Waals surface area contributed by atoms with Gasteiger partial charge in [0.05, 0.1) is 12.8 Å². The summed E-state index contributed by atoms with van der Waals surface area (Å²) in [5, 5.41) is 3.39. The van der Waals surface area contributed by atoms with Crippen LogP contribution < -0.4 is 10.1 Å². The monoisotopic (exact) mass is 179 g/mol. The minimum absolute atomic E-state index is 0.483. The smallest absolute Gasteiger partial charge is 0.141 e. The molecule has 0 heterocycles. The summed E-state index contributed by atoms with van der Waals surface area (Å²) in [6.07, 6.45) is 1.11. The molecule has 1 aromatic rings. The van der Waals surface area contributed by atoms with Gasteiger partial charge in [-0.15, -0.1) is 0 Å². The van der Waals surface area contributed by atoms with Crippen molar-refractivity contribution in [2.75, 3.05) is 12.4 Å². The number of para-hydroxylation sites is 2. The second-order valence-electron chi connectivity index (χ2n) is 3.15. The summed E-state index contributed by atoms with van der Waals surface area (Å²) in [4.78, 5) is 0. The van der Waals surface area contributed by atoms with E-state index in [4.69, 9.17) is 4.74 Å². The Morgan fingerprint density at radius 1 is 1.38 bits per heavy atom. The third kappa shape index (κ3) is 2.65. The SMILES string of the molecule is CC[C@@H](C)Nc1ccccc1OC. The Hall–Kier alpha value is -1.18. The van der Waals surface area contributed by atoms with Crippen LogP contribution in [0, 0.1) is 0 Å². The Bertz CT molecular complexity index is 260. The lowest BCUT2D eigenvalue weighted by Crippen LogP contribution is -2.13. The molecule has 13 heavy (non-hydrogen) atoms. The molecule has 0 fully saturated rings. The number of benzene rings is 1. The van der Waals surface area contributed by atoms with Gasteiger partial charge in [-0.1, -0.05) is 19.1 Å². The van der Waals surface area contributed by atoms with Gasteiger partial charge in [0, 0.05) is 6.04 Å². The van der Waals surface area contributed by atoms with Crippen LogP contribution in [-0.2, 0) is 0 Å². The van der Waals surface area contributed by atoms with E-state index in [1.807, 2.05) is 24.3 Å². The van der Waals surface area contributed by atoms with E-state index in [2.05, 4.69) is 19.2 Å². The Labute approximate surface area is 79.9 Å². The van der Waals surface area contributed by atoms with Gasteiger partial charge in [0.15, 0.2) is 0 Å². The van der Waals surface area contributed by atoms with Crippen LogP contribution in [0.5, 0.6) is 5.75 Å². The summed E-state index contributed by atoms with van der Waals surface area (Å²) < 4.78 is 5.23. The minimum Gasteiger partial charge on any atom is -0.495 e. The van der Waals surface area contributed by atoms with E-state index in [1.54, 1.807) is 7.11 Å². The molecule has 2 heteroatoms. The lowest BCUT2D eigenvalue weighted by molar-refractivity contribution is 0.416. The Balaban J connectivity index is 2.74. The molecule has 0 saturated heterocycles. The lowest BCUT2D eigenvalue weighted by atomic mass is 10.2. The number of nitrogens with one attached hydrogen (secondary N) is 1. The zero-order valence-electron chi connectivity index (χ0n) is 8.50. The fourth-order valence-electron chi connectivity index (χ4n) is 1.13. The first-order chi connectivity index (χ1) is 6.27. The predicted molar refractivity (Wildman–Crippen MR) is 56.4 cm³/mol. The summed E-state index contributed by atoms with van der Waals surface area (Å²) in [6, 6.07) is 8.46. The summed E-state index contributed by atoms with van der Waals surface area (Å²) in [5.74, 6) is 0.905. The number of anilines is 1. The highest BCUT2D eigenvalue weighted by atomic mass is 16.5. The largest absolute Gasteiger partial charge is 0.495 e.